The first kappa shape index (κ1) is 15.7. The van der Waals surface area contributed by atoms with E-state index in [0.29, 0.717) is 6.10 Å². The summed E-state index contributed by atoms with van der Waals surface area (Å²) < 4.78 is 18.1. The summed E-state index contributed by atoms with van der Waals surface area (Å²) in [4.78, 5) is 0. The van der Waals surface area contributed by atoms with Crippen LogP contribution < -0.4 is 0 Å². The molecule has 0 spiro atoms. The van der Waals surface area contributed by atoms with Crippen molar-refractivity contribution in [1.29, 1.82) is 0 Å². The molecule has 5 heteroatoms. The van der Waals surface area contributed by atoms with Crippen LogP contribution in [-0.2, 0) is 13.9 Å². The third-order valence-electron chi connectivity index (χ3n) is 5.30. The van der Waals surface area contributed by atoms with Crippen molar-refractivity contribution in [1.82, 2.24) is 0 Å². The Kier molecular flexibility index (Phi) is 4.34. The van der Waals surface area contributed by atoms with E-state index >= 15 is 0 Å². The van der Waals surface area contributed by atoms with Crippen LogP contribution in [0.1, 0.15) is 26.7 Å². The van der Waals surface area contributed by atoms with Crippen molar-refractivity contribution in [3.8, 4) is 0 Å². The third kappa shape index (κ3) is 3.32. The Hall–Kier alpha value is 0.314. The van der Waals surface area contributed by atoms with Crippen LogP contribution in [0, 0.1) is 0 Å². The average molecular weight is 303 g/mol. The summed E-state index contributed by atoms with van der Waals surface area (Å²) in [6, 6.07) is 1.38. The van der Waals surface area contributed by atoms with Gasteiger partial charge in [-0.05, 0) is 32.9 Å². The summed E-state index contributed by atoms with van der Waals surface area (Å²) in [5.41, 5.74) is -0.0815. The van der Waals surface area contributed by atoms with Gasteiger partial charge < -0.3 is 13.9 Å². The van der Waals surface area contributed by atoms with Crippen LogP contribution in [-0.4, -0.2) is 46.4 Å². The molecule has 2 heterocycles. The standard InChI is InChI=1S/C14H30O3Si2/c1-7-13(16-11-12-10-15-12)14(2)8-9-18(3,4)19(5,6)17-14/h12-13H,7-11H2,1-6H3. The van der Waals surface area contributed by atoms with Gasteiger partial charge in [-0.3, -0.25) is 0 Å². The predicted octanol–water partition coefficient (Wildman–Crippen LogP) is 3.35. The molecule has 19 heavy (non-hydrogen) atoms. The van der Waals surface area contributed by atoms with E-state index in [4.69, 9.17) is 13.9 Å². The van der Waals surface area contributed by atoms with Gasteiger partial charge in [-0.15, -0.1) is 0 Å². The van der Waals surface area contributed by atoms with Gasteiger partial charge in [0.25, 0.3) is 0 Å². The van der Waals surface area contributed by atoms with Gasteiger partial charge in [-0.2, -0.15) is 0 Å². The molecular weight excluding hydrogens is 272 g/mol. The molecule has 2 rings (SSSR count). The molecule has 3 nitrogen and oxygen atoms in total. The van der Waals surface area contributed by atoms with Crippen molar-refractivity contribution in [2.75, 3.05) is 13.2 Å². The first-order chi connectivity index (χ1) is 8.70. The highest BCUT2D eigenvalue weighted by Gasteiger charge is 2.53. The topological polar surface area (TPSA) is 31.0 Å². The lowest BCUT2D eigenvalue weighted by Crippen LogP contribution is -2.67. The molecule has 2 aliphatic rings. The summed E-state index contributed by atoms with van der Waals surface area (Å²) in [7, 11) is -2.71. The Labute approximate surface area is 119 Å². The number of hydrogen-bond acceptors (Lipinski definition) is 3. The summed E-state index contributed by atoms with van der Waals surface area (Å²) in [5, 5.41) is 0. The van der Waals surface area contributed by atoms with E-state index in [-0.39, 0.29) is 11.7 Å². The van der Waals surface area contributed by atoms with Crippen molar-refractivity contribution in [2.45, 2.75) is 76.7 Å². The van der Waals surface area contributed by atoms with Gasteiger partial charge in [0.05, 0.1) is 32.5 Å². The zero-order valence-corrected chi connectivity index (χ0v) is 15.4. The zero-order valence-electron chi connectivity index (χ0n) is 13.4. The maximum absolute atomic E-state index is 6.72. The molecule has 3 unspecified atom stereocenters. The summed E-state index contributed by atoms with van der Waals surface area (Å²) >= 11 is 0. The summed E-state index contributed by atoms with van der Waals surface area (Å²) in [6.07, 6.45) is 2.74. The second-order valence-corrected chi connectivity index (χ2v) is 22.7. The average Bonchev–Trinajstić information content (AvgIpc) is 3.09. The smallest absolute Gasteiger partial charge is 0.174 e. The fourth-order valence-electron chi connectivity index (χ4n) is 2.97. The fraction of sp³-hybridized carbons (Fsp3) is 1.00. The van der Waals surface area contributed by atoms with Crippen LogP contribution >= 0.6 is 0 Å². The fourth-order valence-corrected chi connectivity index (χ4v) is 10.1. The van der Waals surface area contributed by atoms with E-state index in [1.807, 2.05) is 0 Å². The van der Waals surface area contributed by atoms with Crippen molar-refractivity contribution in [3.05, 3.63) is 0 Å². The molecule has 0 bridgehead atoms. The van der Waals surface area contributed by atoms with Crippen LogP contribution in [0.3, 0.4) is 0 Å². The third-order valence-corrected chi connectivity index (χ3v) is 21.9. The molecule has 3 atom stereocenters. The van der Waals surface area contributed by atoms with Gasteiger partial charge in [-0.25, -0.2) is 0 Å². The molecule has 0 radical (unpaired) electrons. The highest BCUT2D eigenvalue weighted by molar-refractivity contribution is 7.38. The summed E-state index contributed by atoms with van der Waals surface area (Å²) in [5.74, 6) is 0. The monoisotopic (exact) mass is 302 g/mol. The van der Waals surface area contributed by atoms with Crippen molar-refractivity contribution in [3.63, 3.8) is 0 Å². The number of ether oxygens (including phenoxy) is 2. The van der Waals surface area contributed by atoms with E-state index in [2.05, 4.69) is 40.0 Å². The lowest BCUT2D eigenvalue weighted by atomic mass is 9.94. The Morgan fingerprint density at radius 3 is 2.42 bits per heavy atom. The van der Waals surface area contributed by atoms with Gasteiger partial charge in [0, 0.05) is 0 Å². The highest BCUT2D eigenvalue weighted by Crippen LogP contribution is 2.42. The van der Waals surface area contributed by atoms with Gasteiger partial charge in [0.2, 0.25) is 0 Å². The van der Waals surface area contributed by atoms with Crippen LogP contribution in [0.4, 0.5) is 0 Å². The molecule has 0 aromatic rings. The Morgan fingerprint density at radius 2 is 1.95 bits per heavy atom. The van der Waals surface area contributed by atoms with E-state index in [1.165, 1.54) is 6.04 Å². The number of epoxide rings is 1. The van der Waals surface area contributed by atoms with Gasteiger partial charge in [-0.1, -0.05) is 26.1 Å². The van der Waals surface area contributed by atoms with Gasteiger partial charge in [0.1, 0.15) is 6.10 Å². The second kappa shape index (κ2) is 5.26. The Morgan fingerprint density at radius 1 is 1.32 bits per heavy atom. The second-order valence-electron chi connectivity index (χ2n) is 7.49. The minimum Gasteiger partial charge on any atom is -0.412 e. The maximum Gasteiger partial charge on any atom is 0.174 e. The molecule has 0 amide bonds. The number of hydrogen-bond donors (Lipinski definition) is 0. The molecule has 0 saturated carbocycles. The molecule has 0 aromatic carbocycles. The lowest BCUT2D eigenvalue weighted by Gasteiger charge is -2.53. The molecule has 112 valence electrons. The van der Waals surface area contributed by atoms with Crippen molar-refractivity contribution < 1.29 is 13.9 Å². The molecule has 0 N–H and O–H groups in total. The quantitative estimate of drug-likeness (QED) is 0.576. The van der Waals surface area contributed by atoms with E-state index in [9.17, 15) is 0 Å². The van der Waals surface area contributed by atoms with Gasteiger partial charge in [0.15, 0.2) is 7.83 Å². The largest absolute Gasteiger partial charge is 0.412 e. The normalized spacial score (nSPS) is 37.9. The van der Waals surface area contributed by atoms with Crippen LogP contribution in [0.2, 0.25) is 32.2 Å². The first-order valence-electron chi connectivity index (χ1n) is 7.63. The van der Waals surface area contributed by atoms with Crippen LogP contribution in [0.25, 0.3) is 0 Å². The van der Waals surface area contributed by atoms with Crippen molar-refractivity contribution in [2.24, 2.45) is 0 Å². The molecular formula is C14H30O3Si2. The molecule has 0 aromatic heterocycles. The van der Waals surface area contributed by atoms with Crippen LogP contribution in [0.5, 0.6) is 0 Å². The first-order valence-corrected chi connectivity index (χ1v) is 14.7. The Bertz CT molecular complexity index is 329. The molecule has 0 aliphatic carbocycles. The highest BCUT2D eigenvalue weighted by atomic mass is 29.3. The van der Waals surface area contributed by atoms with E-state index in [1.54, 1.807) is 0 Å². The zero-order chi connectivity index (χ0) is 14.3. The van der Waals surface area contributed by atoms with Crippen molar-refractivity contribution >= 4 is 15.4 Å². The predicted molar refractivity (Wildman–Crippen MR) is 83.6 cm³/mol. The number of rotatable bonds is 5. The lowest BCUT2D eigenvalue weighted by molar-refractivity contribution is -0.0949. The van der Waals surface area contributed by atoms with Gasteiger partial charge >= 0.3 is 0 Å². The molecule has 2 aliphatic heterocycles. The minimum absolute atomic E-state index is 0.0815. The SMILES string of the molecule is CCC(OCC1CO1)C1(C)CC[Si](C)(C)[Si](C)(C)O1. The van der Waals surface area contributed by atoms with Crippen LogP contribution in [0.15, 0.2) is 0 Å². The molecule has 2 fully saturated rings. The maximum atomic E-state index is 6.72. The minimum atomic E-state index is -1.55. The van der Waals surface area contributed by atoms with E-state index < -0.39 is 15.4 Å². The Balaban J connectivity index is 2.03. The van der Waals surface area contributed by atoms with E-state index in [0.717, 1.165) is 26.1 Å². The molecule has 2 saturated heterocycles. The summed E-state index contributed by atoms with van der Waals surface area (Å²) in [6.45, 7) is 15.9.